The van der Waals surface area contributed by atoms with Crippen LogP contribution in [0.1, 0.15) is 19.3 Å². The van der Waals surface area contributed by atoms with Crippen LogP contribution in [0, 0.1) is 10.1 Å². The highest BCUT2D eigenvalue weighted by atomic mass is 16.6. The molecular formula is C11H17N5O2. The largest absolute Gasteiger partial charge is 0.406 e. The third-order valence-corrected chi connectivity index (χ3v) is 3.71. The lowest BCUT2D eigenvalue weighted by atomic mass is 10.2. The molecule has 3 rings (SSSR count). The molecule has 1 aromatic heterocycles. The number of nitro groups is 1. The number of rotatable bonds is 4. The molecule has 1 saturated carbocycles. The van der Waals surface area contributed by atoms with Crippen molar-refractivity contribution in [2.24, 2.45) is 7.05 Å². The third-order valence-electron chi connectivity index (χ3n) is 3.71. The van der Waals surface area contributed by atoms with Gasteiger partial charge in [0.05, 0.1) is 0 Å². The summed E-state index contributed by atoms with van der Waals surface area (Å²) < 4.78 is 1.68. The third kappa shape index (κ3) is 2.05. The lowest BCUT2D eigenvalue weighted by molar-refractivity contribution is -0.388. The molecule has 98 valence electrons. The van der Waals surface area contributed by atoms with Gasteiger partial charge in [0.1, 0.15) is 0 Å². The second kappa shape index (κ2) is 4.24. The summed E-state index contributed by atoms with van der Waals surface area (Å²) >= 11 is 0. The van der Waals surface area contributed by atoms with Crippen molar-refractivity contribution in [3.05, 3.63) is 16.4 Å². The van der Waals surface area contributed by atoms with Crippen LogP contribution in [0.4, 0.5) is 11.6 Å². The zero-order chi connectivity index (χ0) is 12.7. The van der Waals surface area contributed by atoms with E-state index in [4.69, 9.17) is 0 Å². The Morgan fingerprint density at radius 3 is 2.94 bits per heavy atom. The first-order valence-corrected chi connectivity index (χ1v) is 6.31. The monoisotopic (exact) mass is 251 g/mol. The SMILES string of the molecule is Cn1cnc([N+](=O)[O-])c1NC1CCN(C2CC2)C1. The van der Waals surface area contributed by atoms with Crippen LogP contribution in [0.25, 0.3) is 0 Å². The van der Waals surface area contributed by atoms with Crippen LogP contribution >= 0.6 is 0 Å². The first kappa shape index (κ1) is 11.5. The molecule has 1 aromatic rings. The van der Waals surface area contributed by atoms with E-state index in [-0.39, 0.29) is 5.82 Å². The lowest BCUT2D eigenvalue weighted by Crippen LogP contribution is -2.28. The van der Waals surface area contributed by atoms with Gasteiger partial charge in [0.15, 0.2) is 0 Å². The maximum Gasteiger partial charge on any atom is 0.406 e. The first-order chi connectivity index (χ1) is 8.65. The molecule has 2 aliphatic rings. The second-order valence-corrected chi connectivity index (χ2v) is 5.14. The summed E-state index contributed by atoms with van der Waals surface area (Å²) in [6.07, 6.45) is 5.13. The van der Waals surface area contributed by atoms with E-state index in [1.54, 1.807) is 11.6 Å². The molecule has 7 nitrogen and oxygen atoms in total. The van der Waals surface area contributed by atoms with Crippen LogP contribution in [-0.4, -0.2) is 44.5 Å². The van der Waals surface area contributed by atoms with Crippen molar-refractivity contribution in [1.29, 1.82) is 0 Å². The van der Waals surface area contributed by atoms with Gasteiger partial charge in [-0.15, -0.1) is 0 Å². The van der Waals surface area contributed by atoms with Gasteiger partial charge in [0, 0.05) is 32.2 Å². The van der Waals surface area contributed by atoms with Gasteiger partial charge in [0.25, 0.3) is 0 Å². The Balaban J connectivity index is 1.69. The number of aromatic nitrogens is 2. The van der Waals surface area contributed by atoms with Gasteiger partial charge in [-0.05, 0) is 29.2 Å². The normalized spacial score (nSPS) is 24.4. The number of hydrogen-bond acceptors (Lipinski definition) is 5. The maximum absolute atomic E-state index is 10.9. The molecule has 1 atom stereocenters. The molecule has 0 aromatic carbocycles. The predicted octanol–water partition coefficient (Wildman–Crippen LogP) is 0.977. The molecule has 18 heavy (non-hydrogen) atoms. The minimum Gasteiger partial charge on any atom is -0.360 e. The molecule has 0 spiro atoms. The average molecular weight is 251 g/mol. The van der Waals surface area contributed by atoms with E-state index in [1.807, 2.05) is 0 Å². The molecule has 2 heterocycles. The Bertz CT molecular complexity index is 468. The molecule has 1 aliphatic carbocycles. The second-order valence-electron chi connectivity index (χ2n) is 5.14. The van der Waals surface area contributed by atoms with Gasteiger partial charge in [-0.2, -0.15) is 0 Å². The van der Waals surface area contributed by atoms with Gasteiger partial charge in [-0.1, -0.05) is 0 Å². The molecule has 2 fully saturated rings. The van der Waals surface area contributed by atoms with Crippen LogP contribution in [-0.2, 0) is 7.05 Å². The summed E-state index contributed by atoms with van der Waals surface area (Å²) in [4.78, 5) is 16.7. The van der Waals surface area contributed by atoms with Crippen molar-refractivity contribution in [1.82, 2.24) is 14.5 Å². The minimum atomic E-state index is -0.435. The van der Waals surface area contributed by atoms with E-state index in [0.29, 0.717) is 11.9 Å². The van der Waals surface area contributed by atoms with Crippen LogP contribution < -0.4 is 5.32 Å². The predicted molar refractivity (Wildman–Crippen MR) is 66.5 cm³/mol. The zero-order valence-electron chi connectivity index (χ0n) is 10.4. The summed E-state index contributed by atoms with van der Waals surface area (Å²) in [6, 6.07) is 1.05. The summed E-state index contributed by atoms with van der Waals surface area (Å²) in [7, 11) is 1.77. The number of aryl methyl sites for hydroxylation is 1. The van der Waals surface area contributed by atoms with Gasteiger partial charge in [-0.3, -0.25) is 9.47 Å². The smallest absolute Gasteiger partial charge is 0.360 e. The number of hydrogen-bond donors (Lipinski definition) is 1. The van der Waals surface area contributed by atoms with Gasteiger partial charge >= 0.3 is 5.82 Å². The van der Waals surface area contributed by atoms with Crippen LogP contribution in [0.3, 0.4) is 0 Å². The number of nitrogens with zero attached hydrogens (tertiary/aromatic N) is 4. The quantitative estimate of drug-likeness (QED) is 0.637. The Morgan fingerprint density at radius 1 is 1.50 bits per heavy atom. The van der Waals surface area contributed by atoms with Crippen LogP contribution in [0.5, 0.6) is 0 Å². The highest BCUT2D eigenvalue weighted by Gasteiger charge is 2.35. The Labute approximate surface area is 105 Å². The Morgan fingerprint density at radius 2 is 2.28 bits per heavy atom. The van der Waals surface area contributed by atoms with E-state index in [0.717, 1.165) is 25.6 Å². The molecule has 1 aliphatic heterocycles. The summed E-state index contributed by atoms with van der Waals surface area (Å²) in [5.74, 6) is 0.435. The van der Waals surface area contributed by atoms with Crippen molar-refractivity contribution in [2.45, 2.75) is 31.3 Å². The minimum absolute atomic E-state index is 0.0811. The zero-order valence-corrected chi connectivity index (χ0v) is 10.4. The van der Waals surface area contributed by atoms with E-state index in [1.165, 1.54) is 19.2 Å². The van der Waals surface area contributed by atoms with Crippen molar-refractivity contribution in [2.75, 3.05) is 18.4 Å². The van der Waals surface area contributed by atoms with Crippen molar-refractivity contribution >= 4 is 11.6 Å². The standard InChI is InChI=1S/C11H17N5O2/c1-14-7-12-10(16(17)18)11(14)13-8-4-5-15(6-8)9-2-3-9/h7-9,13H,2-6H2,1H3. The molecule has 0 bridgehead atoms. The fourth-order valence-electron chi connectivity index (χ4n) is 2.59. The summed E-state index contributed by atoms with van der Waals surface area (Å²) in [6.45, 7) is 2.07. The number of nitrogens with one attached hydrogen (secondary N) is 1. The van der Waals surface area contributed by atoms with Crippen molar-refractivity contribution in [3.8, 4) is 0 Å². The van der Waals surface area contributed by atoms with Crippen molar-refractivity contribution in [3.63, 3.8) is 0 Å². The average Bonchev–Trinajstić information content (AvgIpc) is 2.97. The first-order valence-electron chi connectivity index (χ1n) is 6.31. The van der Waals surface area contributed by atoms with Crippen LogP contribution in [0.2, 0.25) is 0 Å². The number of anilines is 1. The highest BCUT2D eigenvalue weighted by molar-refractivity contribution is 5.52. The molecule has 1 saturated heterocycles. The molecular weight excluding hydrogens is 234 g/mol. The van der Waals surface area contributed by atoms with E-state index < -0.39 is 4.92 Å². The van der Waals surface area contributed by atoms with Crippen molar-refractivity contribution < 1.29 is 4.92 Å². The van der Waals surface area contributed by atoms with Gasteiger partial charge in [0.2, 0.25) is 12.1 Å². The Hall–Kier alpha value is -1.63. The lowest BCUT2D eigenvalue weighted by Gasteiger charge is -2.16. The number of likely N-dealkylation sites (tertiary alicyclic amines) is 1. The van der Waals surface area contributed by atoms with E-state index >= 15 is 0 Å². The summed E-state index contributed by atoms with van der Waals surface area (Å²) in [5.41, 5.74) is 0. The molecule has 1 unspecified atom stereocenters. The molecule has 0 radical (unpaired) electrons. The van der Waals surface area contributed by atoms with E-state index in [2.05, 4.69) is 15.2 Å². The molecule has 1 N–H and O–H groups in total. The summed E-state index contributed by atoms with van der Waals surface area (Å²) in [5, 5.41) is 14.1. The highest BCUT2D eigenvalue weighted by Crippen LogP contribution is 2.31. The van der Waals surface area contributed by atoms with Gasteiger partial charge < -0.3 is 15.4 Å². The fraction of sp³-hybridized carbons (Fsp3) is 0.727. The van der Waals surface area contributed by atoms with Gasteiger partial charge in [-0.25, -0.2) is 0 Å². The van der Waals surface area contributed by atoms with Crippen LogP contribution in [0.15, 0.2) is 6.33 Å². The van der Waals surface area contributed by atoms with E-state index in [9.17, 15) is 10.1 Å². The molecule has 7 heteroatoms. The Kier molecular flexibility index (Phi) is 2.70. The topological polar surface area (TPSA) is 76.2 Å². The number of imidazole rings is 1. The molecule has 0 amide bonds. The maximum atomic E-state index is 10.9. The fourth-order valence-corrected chi connectivity index (χ4v) is 2.59.